The van der Waals surface area contributed by atoms with Gasteiger partial charge in [-0.25, -0.2) is 0 Å². The molecule has 0 N–H and O–H groups in total. The lowest BCUT2D eigenvalue weighted by Crippen LogP contribution is -2.39. The van der Waals surface area contributed by atoms with Gasteiger partial charge in [-0.1, -0.05) is 38.3 Å². The Hall–Kier alpha value is -0.380. The number of rotatable bonds is 3. The van der Waals surface area contributed by atoms with E-state index in [-0.39, 0.29) is 12.4 Å². The van der Waals surface area contributed by atoms with Gasteiger partial charge in [-0.3, -0.25) is 0 Å². The van der Waals surface area contributed by atoms with Crippen LogP contribution in [0.25, 0.3) is 0 Å². The number of likely N-dealkylation sites (tertiary alicyclic amines) is 1. The molecule has 3 heteroatoms. The fraction of sp³-hybridized carbons (Fsp3) is 0.909. The molecule has 0 saturated carbocycles. The molecule has 2 heterocycles. The van der Waals surface area contributed by atoms with E-state index in [1.165, 1.54) is 64.5 Å². The normalized spacial score (nSPS) is 39.5. The highest BCUT2D eigenvalue weighted by atomic mass is 16.7. The Balaban J connectivity index is 1.38. The highest BCUT2D eigenvalue weighted by Gasteiger charge is 2.42. The van der Waals surface area contributed by atoms with Gasteiger partial charge < -0.3 is 14.4 Å². The van der Waals surface area contributed by atoms with Gasteiger partial charge in [-0.2, -0.15) is 0 Å². The molecule has 0 spiro atoms. The zero-order valence-electron chi connectivity index (χ0n) is 16.6. The van der Waals surface area contributed by atoms with Crippen molar-refractivity contribution < 1.29 is 9.47 Å². The van der Waals surface area contributed by atoms with Gasteiger partial charge >= 0.3 is 0 Å². The number of piperidine rings is 1. The topological polar surface area (TPSA) is 21.7 Å². The van der Waals surface area contributed by atoms with Crippen molar-refractivity contribution in [1.29, 1.82) is 0 Å². The number of hydrogen-bond donors (Lipinski definition) is 0. The summed E-state index contributed by atoms with van der Waals surface area (Å²) < 4.78 is 12.6. The first kappa shape index (κ1) is 18.0. The SMILES string of the molecule is CC1CC2=C(CC1C1OCC(CN3CCCCC3)O1)C(C)(C)CCC2. The minimum absolute atomic E-state index is 0.0246. The van der Waals surface area contributed by atoms with E-state index in [0.29, 0.717) is 17.3 Å². The third-order valence-corrected chi connectivity index (χ3v) is 7.30. The largest absolute Gasteiger partial charge is 0.350 e. The maximum Gasteiger partial charge on any atom is 0.161 e. The van der Waals surface area contributed by atoms with E-state index < -0.39 is 0 Å². The maximum absolute atomic E-state index is 6.44. The number of hydrogen-bond acceptors (Lipinski definition) is 3. The maximum atomic E-state index is 6.44. The lowest BCUT2D eigenvalue weighted by atomic mass is 9.63. The van der Waals surface area contributed by atoms with Crippen LogP contribution in [0.5, 0.6) is 0 Å². The highest BCUT2D eigenvalue weighted by Crippen LogP contribution is 2.50. The third kappa shape index (κ3) is 3.84. The monoisotopic (exact) mass is 347 g/mol. The van der Waals surface area contributed by atoms with Crippen LogP contribution in [0.2, 0.25) is 0 Å². The van der Waals surface area contributed by atoms with Crippen molar-refractivity contribution in [3.05, 3.63) is 11.1 Å². The minimum atomic E-state index is 0.0246. The quantitative estimate of drug-likeness (QED) is 0.687. The molecule has 0 aromatic carbocycles. The molecule has 0 aromatic heterocycles. The van der Waals surface area contributed by atoms with Crippen LogP contribution in [0, 0.1) is 17.3 Å². The first-order valence-electron chi connectivity index (χ1n) is 10.7. The van der Waals surface area contributed by atoms with E-state index in [9.17, 15) is 0 Å². The molecule has 4 aliphatic rings. The summed E-state index contributed by atoms with van der Waals surface area (Å²) in [7, 11) is 0. The molecule has 4 atom stereocenters. The van der Waals surface area contributed by atoms with Gasteiger partial charge in [-0.05, 0) is 69.4 Å². The van der Waals surface area contributed by atoms with Gasteiger partial charge in [0.1, 0.15) is 0 Å². The van der Waals surface area contributed by atoms with Gasteiger partial charge in [-0.15, -0.1) is 0 Å². The smallest absolute Gasteiger partial charge is 0.161 e. The van der Waals surface area contributed by atoms with Crippen molar-refractivity contribution in [1.82, 2.24) is 4.90 Å². The predicted octanol–water partition coefficient (Wildman–Crippen LogP) is 4.77. The lowest BCUT2D eigenvalue weighted by Gasteiger charge is -2.44. The summed E-state index contributed by atoms with van der Waals surface area (Å²) in [6, 6.07) is 0. The van der Waals surface area contributed by atoms with Gasteiger partial charge in [0.15, 0.2) is 6.29 Å². The van der Waals surface area contributed by atoms with E-state index in [0.717, 1.165) is 13.2 Å². The molecule has 142 valence electrons. The Bertz CT molecular complexity index is 506. The molecule has 2 aliphatic carbocycles. The average molecular weight is 348 g/mol. The molecule has 2 fully saturated rings. The van der Waals surface area contributed by atoms with Gasteiger partial charge in [0.05, 0.1) is 12.7 Å². The van der Waals surface area contributed by atoms with E-state index in [4.69, 9.17) is 9.47 Å². The molecule has 25 heavy (non-hydrogen) atoms. The first-order valence-corrected chi connectivity index (χ1v) is 10.7. The zero-order valence-corrected chi connectivity index (χ0v) is 16.6. The molecule has 3 nitrogen and oxygen atoms in total. The molecule has 0 aromatic rings. The Morgan fingerprint density at radius 2 is 1.88 bits per heavy atom. The summed E-state index contributed by atoms with van der Waals surface area (Å²) >= 11 is 0. The van der Waals surface area contributed by atoms with Crippen LogP contribution in [-0.4, -0.2) is 43.5 Å². The minimum Gasteiger partial charge on any atom is -0.350 e. The van der Waals surface area contributed by atoms with Crippen molar-refractivity contribution in [3.63, 3.8) is 0 Å². The van der Waals surface area contributed by atoms with Crippen LogP contribution in [0.1, 0.15) is 72.1 Å². The van der Waals surface area contributed by atoms with Crippen molar-refractivity contribution in [3.8, 4) is 0 Å². The number of allylic oxidation sites excluding steroid dienone is 2. The molecular formula is C22H37NO2. The van der Waals surface area contributed by atoms with Crippen LogP contribution in [0.3, 0.4) is 0 Å². The van der Waals surface area contributed by atoms with E-state index in [1.807, 2.05) is 0 Å². The highest BCUT2D eigenvalue weighted by molar-refractivity contribution is 5.27. The summed E-state index contributed by atoms with van der Waals surface area (Å²) in [5.74, 6) is 1.23. The Labute approximate surface area is 154 Å². The fourth-order valence-electron chi connectivity index (χ4n) is 5.73. The van der Waals surface area contributed by atoms with Crippen molar-refractivity contribution >= 4 is 0 Å². The second kappa shape index (κ2) is 7.32. The summed E-state index contributed by atoms with van der Waals surface area (Å²) in [5.41, 5.74) is 3.90. The van der Waals surface area contributed by atoms with E-state index in [2.05, 4.69) is 25.7 Å². The second-order valence-corrected chi connectivity index (χ2v) is 9.69. The van der Waals surface area contributed by atoms with Gasteiger partial charge in [0.2, 0.25) is 0 Å². The molecule has 4 unspecified atom stereocenters. The Kier molecular flexibility index (Phi) is 5.28. The average Bonchev–Trinajstić information content (AvgIpc) is 3.03. The van der Waals surface area contributed by atoms with E-state index >= 15 is 0 Å². The third-order valence-electron chi connectivity index (χ3n) is 7.30. The van der Waals surface area contributed by atoms with Crippen molar-refractivity contribution in [2.45, 2.75) is 84.5 Å². The fourth-order valence-corrected chi connectivity index (χ4v) is 5.73. The van der Waals surface area contributed by atoms with Crippen LogP contribution in [0.15, 0.2) is 11.1 Å². The molecule has 0 bridgehead atoms. The lowest BCUT2D eigenvalue weighted by molar-refractivity contribution is -0.115. The molecule has 2 saturated heterocycles. The van der Waals surface area contributed by atoms with Crippen LogP contribution >= 0.6 is 0 Å². The number of ether oxygens (including phenoxy) is 2. The molecule has 0 radical (unpaired) electrons. The molecule has 4 rings (SSSR count). The predicted molar refractivity (Wildman–Crippen MR) is 101 cm³/mol. The Morgan fingerprint density at radius 3 is 2.68 bits per heavy atom. The summed E-state index contributed by atoms with van der Waals surface area (Å²) in [4.78, 5) is 2.58. The Morgan fingerprint density at radius 1 is 1.08 bits per heavy atom. The summed E-state index contributed by atoms with van der Waals surface area (Å²) in [6.07, 6.45) is 10.9. The van der Waals surface area contributed by atoms with Crippen LogP contribution in [0.4, 0.5) is 0 Å². The summed E-state index contributed by atoms with van der Waals surface area (Å²) in [6.45, 7) is 11.7. The standard InChI is InChI=1S/C22H37NO2/c1-16-12-17-8-7-9-22(2,3)20(17)13-19(16)21-24-15-18(25-21)14-23-10-5-4-6-11-23/h16,18-19,21H,4-15H2,1-3H3. The van der Waals surface area contributed by atoms with Gasteiger partial charge in [0.25, 0.3) is 0 Å². The molecule has 2 aliphatic heterocycles. The summed E-state index contributed by atoms with van der Waals surface area (Å²) in [5, 5.41) is 0. The number of nitrogens with zero attached hydrogens (tertiary/aromatic N) is 1. The van der Waals surface area contributed by atoms with Crippen molar-refractivity contribution in [2.75, 3.05) is 26.2 Å². The second-order valence-electron chi connectivity index (χ2n) is 9.69. The van der Waals surface area contributed by atoms with Crippen LogP contribution in [-0.2, 0) is 9.47 Å². The first-order chi connectivity index (χ1) is 12.0. The van der Waals surface area contributed by atoms with Crippen molar-refractivity contribution in [2.24, 2.45) is 17.3 Å². The van der Waals surface area contributed by atoms with Gasteiger partial charge in [0, 0.05) is 12.5 Å². The zero-order chi connectivity index (χ0) is 17.4. The molecule has 0 amide bonds. The molecular weight excluding hydrogens is 310 g/mol. The van der Waals surface area contributed by atoms with Crippen LogP contribution < -0.4 is 0 Å². The van der Waals surface area contributed by atoms with E-state index in [1.54, 1.807) is 11.1 Å².